The number of fused-ring (bicyclic) bond motifs is 1. The first-order valence-corrected chi connectivity index (χ1v) is 12.3. The highest BCUT2D eigenvalue weighted by molar-refractivity contribution is 5.78. The summed E-state index contributed by atoms with van der Waals surface area (Å²) in [6.07, 6.45) is 3.86. The molecule has 1 aliphatic rings. The second-order valence-electron chi connectivity index (χ2n) is 10.2. The maximum absolute atomic E-state index is 12.1. The van der Waals surface area contributed by atoms with Crippen LogP contribution in [-0.4, -0.2) is 50.8 Å². The average Bonchev–Trinajstić information content (AvgIpc) is 3.45. The van der Waals surface area contributed by atoms with Crippen molar-refractivity contribution in [3.05, 3.63) is 58.8 Å². The maximum atomic E-state index is 12.1. The largest absolute Gasteiger partial charge is 0.444 e. The van der Waals surface area contributed by atoms with Crippen LogP contribution in [0, 0.1) is 6.92 Å². The number of benzene rings is 1. The molecule has 1 aliphatic heterocycles. The molecular formula is C26H30N8O4. The number of nitrogens with one attached hydrogen (secondary N) is 4. The first kappa shape index (κ1) is 25.1. The van der Waals surface area contributed by atoms with E-state index >= 15 is 0 Å². The highest BCUT2D eigenvalue weighted by Crippen LogP contribution is 2.24. The number of hydrogen-bond donors (Lipinski definition) is 4. The second kappa shape index (κ2) is 10.0. The van der Waals surface area contributed by atoms with Gasteiger partial charge in [-0.05, 0) is 64.4 Å². The van der Waals surface area contributed by atoms with Crippen LogP contribution in [0.4, 0.5) is 33.8 Å². The van der Waals surface area contributed by atoms with Crippen molar-refractivity contribution in [1.82, 2.24) is 25.3 Å². The van der Waals surface area contributed by atoms with Gasteiger partial charge in [0.1, 0.15) is 17.2 Å². The zero-order valence-corrected chi connectivity index (χ0v) is 21.7. The number of oxazole rings is 1. The summed E-state index contributed by atoms with van der Waals surface area (Å²) in [5.74, 6) is 1.36. The molecule has 0 saturated carbocycles. The molecule has 1 amide bonds. The predicted molar refractivity (Wildman–Crippen MR) is 144 cm³/mol. The highest BCUT2D eigenvalue weighted by Gasteiger charge is 2.26. The van der Waals surface area contributed by atoms with Gasteiger partial charge >= 0.3 is 11.8 Å². The number of pyridine rings is 1. The predicted octanol–water partition coefficient (Wildman–Crippen LogP) is 4.21. The van der Waals surface area contributed by atoms with Crippen LogP contribution in [0.3, 0.4) is 0 Å². The van der Waals surface area contributed by atoms with Gasteiger partial charge in [-0.2, -0.15) is 4.98 Å². The molecule has 1 saturated heterocycles. The Balaban J connectivity index is 1.20. The molecule has 12 heteroatoms. The van der Waals surface area contributed by atoms with Gasteiger partial charge in [0.05, 0.1) is 23.4 Å². The molecule has 0 bridgehead atoms. The monoisotopic (exact) mass is 518 g/mol. The molecule has 0 spiro atoms. The lowest BCUT2D eigenvalue weighted by Crippen LogP contribution is -2.40. The van der Waals surface area contributed by atoms with E-state index < -0.39 is 17.5 Å². The van der Waals surface area contributed by atoms with E-state index in [2.05, 4.69) is 40.8 Å². The van der Waals surface area contributed by atoms with Crippen molar-refractivity contribution in [2.75, 3.05) is 28.6 Å². The van der Waals surface area contributed by atoms with E-state index in [0.29, 0.717) is 29.4 Å². The molecule has 0 aliphatic carbocycles. The van der Waals surface area contributed by atoms with Gasteiger partial charge in [0.25, 0.3) is 0 Å². The van der Waals surface area contributed by atoms with Crippen molar-refractivity contribution >= 4 is 46.2 Å². The minimum Gasteiger partial charge on any atom is -0.444 e. The minimum atomic E-state index is -0.527. The average molecular weight is 519 g/mol. The van der Waals surface area contributed by atoms with Crippen molar-refractivity contribution in [3.8, 4) is 0 Å². The van der Waals surface area contributed by atoms with Crippen LogP contribution >= 0.6 is 0 Å². The Morgan fingerprint density at radius 3 is 2.71 bits per heavy atom. The van der Waals surface area contributed by atoms with E-state index in [0.717, 1.165) is 35.7 Å². The van der Waals surface area contributed by atoms with Crippen molar-refractivity contribution in [1.29, 1.82) is 0 Å². The fourth-order valence-corrected chi connectivity index (χ4v) is 4.13. The third-order valence-corrected chi connectivity index (χ3v) is 5.89. The number of aromatic nitrogens is 4. The van der Waals surface area contributed by atoms with Crippen molar-refractivity contribution in [2.45, 2.75) is 45.8 Å². The fourth-order valence-electron chi connectivity index (χ4n) is 4.13. The van der Waals surface area contributed by atoms with Crippen LogP contribution in [-0.2, 0) is 4.74 Å². The summed E-state index contributed by atoms with van der Waals surface area (Å²) in [5, 5.41) is 9.38. The van der Waals surface area contributed by atoms with Gasteiger partial charge in [-0.15, -0.1) is 0 Å². The number of nitrogens with zero attached hydrogens (tertiary/aromatic N) is 4. The molecule has 3 aromatic heterocycles. The summed E-state index contributed by atoms with van der Waals surface area (Å²) in [7, 11) is 0. The van der Waals surface area contributed by atoms with Gasteiger partial charge in [-0.1, -0.05) is 0 Å². The van der Waals surface area contributed by atoms with Crippen molar-refractivity contribution in [3.63, 3.8) is 0 Å². The Labute approximate surface area is 218 Å². The van der Waals surface area contributed by atoms with E-state index in [4.69, 9.17) is 9.15 Å². The Hall–Kier alpha value is -4.61. The Morgan fingerprint density at radius 2 is 1.95 bits per heavy atom. The molecule has 1 unspecified atom stereocenters. The minimum absolute atomic E-state index is 0.00537. The number of alkyl carbamates (subject to hydrolysis) is 1. The quantitative estimate of drug-likeness (QED) is 0.292. The van der Waals surface area contributed by atoms with Gasteiger partial charge in [-0.3, -0.25) is 4.98 Å². The second-order valence-corrected chi connectivity index (χ2v) is 10.2. The van der Waals surface area contributed by atoms with Crippen LogP contribution < -0.4 is 26.6 Å². The van der Waals surface area contributed by atoms with Crippen molar-refractivity contribution < 1.29 is 13.9 Å². The van der Waals surface area contributed by atoms with E-state index in [1.807, 2.05) is 45.9 Å². The topological polar surface area (TPSA) is 150 Å². The SMILES string of the molecule is Cc1cnc(Nc2ccc(N3CCC(NC(=O)OC(C)(C)C)C3)nc2)nc1Nc1ccc2oc(=O)[nH]c2c1. The molecule has 0 radical (unpaired) electrons. The lowest BCUT2D eigenvalue weighted by atomic mass is 10.2. The molecule has 1 atom stereocenters. The number of H-pyrrole nitrogens is 1. The smallest absolute Gasteiger partial charge is 0.417 e. The highest BCUT2D eigenvalue weighted by atomic mass is 16.6. The number of rotatable bonds is 6. The summed E-state index contributed by atoms with van der Waals surface area (Å²) in [6.45, 7) is 8.89. The van der Waals surface area contributed by atoms with Gasteiger partial charge in [0, 0.05) is 30.5 Å². The third kappa shape index (κ3) is 6.02. The number of carbonyl (C=O) groups excluding carboxylic acids is 1. The third-order valence-electron chi connectivity index (χ3n) is 5.89. The van der Waals surface area contributed by atoms with E-state index in [1.165, 1.54) is 0 Å². The van der Waals surface area contributed by atoms with E-state index in [-0.39, 0.29) is 6.04 Å². The van der Waals surface area contributed by atoms with Gasteiger partial charge in [-0.25, -0.2) is 19.6 Å². The number of amides is 1. The molecule has 4 N–H and O–H groups in total. The fraction of sp³-hybridized carbons (Fsp3) is 0.346. The van der Waals surface area contributed by atoms with Crippen LogP contribution in [0.1, 0.15) is 32.8 Å². The van der Waals surface area contributed by atoms with Gasteiger partial charge < -0.3 is 30.0 Å². The van der Waals surface area contributed by atoms with Crippen LogP contribution in [0.2, 0.25) is 0 Å². The molecule has 12 nitrogen and oxygen atoms in total. The Bertz CT molecular complexity index is 1510. The zero-order chi connectivity index (χ0) is 26.9. The number of anilines is 5. The molecule has 38 heavy (non-hydrogen) atoms. The van der Waals surface area contributed by atoms with Crippen LogP contribution in [0.5, 0.6) is 0 Å². The Kier molecular flexibility index (Phi) is 6.62. The van der Waals surface area contributed by atoms with Crippen LogP contribution in [0.25, 0.3) is 11.1 Å². The lowest BCUT2D eigenvalue weighted by Gasteiger charge is -2.22. The zero-order valence-electron chi connectivity index (χ0n) is 21.7. The molecule has 4 aromatic rings. The molecule has 5 rings (SSSR count). The number of aryl methyl sites for hydroxylation is 1. The summed E-state index contributed by atoms with van der Waals surface area (Å²) in [6, 6.07) is 9.15. The standard InChI is InChI=1S/C26H30N8O4/c1-15-12-28-23(33-22(15)29-16-5-7-20-19(11-16)32-24(35)37-20)30-17-6-8-21(27-13-17)34-10-9-18(14-34)31-25(36)38-26(2,3)4/h5-8,11-13,18H,9-10,14H2,1-4H3,(H,31,36)(H,32,35)(H2,28,29,30,33). The molecule has 4 heterocycles. The summed E-state index contributed by atoms with van der Waals surface area (Å²) in [5.41, 5.74) is 2.90. The number of ether oxygens (including phenoxy) is 1. The normalized spacial score (nSPS) is 15.5. The van der Waals surface area contributed by atoms with E-state index in [9.17, 15) is 9.59 Å². The molecule has 198 valence electrons. The Morgan fingerprint density at radius 1 is 1.13 bits per heavy atom. The maximum Gasteiger partial charge on any atom is 0.417 e. The molecule has 1 aromatic carbocycles. The van der Waals surface area contributed by atoms with E-state index in [1.54, 1.807) is 24.5 Å². The number of aromatic amines is 1. The van der Waals surface area contributed by atoms with Gasteiger partial charge in [0.15, 0.2) is 5.58 Å². The number of hydrogen-bond acceptors (Lipinski definition) is 10. The molecule has 1 fully saturated rings. The first-order chi connectivity index (χ1) is 18.1. The van der Waals surface area contributed by atoms with Gasteiger partial charge in [0.2, 0.25) is 5.95 Å². The first-order valence-electron chi connectivity index (χ1n) is 12.3. The molecular weight excluding hydrogens is 488 g/mol. The lowest BCUT2D eigenvalue weighted by molar-refractivity contribution is 0.0509. The summed E-state index contributed by atoms with van der Waals surface area (Å²) in [4.78, 5) is 41.8. The summed E-state index contributed by atoms with van der Waals surface area (Å²) < 4.78 is 10.4. The van der Waals surface area contributed by atoms with Crippen molar-refractivity contribution in [2.24, 2.45) is 0 Å². The summed E-state index contributed by atoms with van der Waals surface area (Å²) >= 11 is 0. The number of carbonyl (C=O) groups is 1. The van der Waals surface area contributed by atoms with Crippen LogP contribution in [0.15, 0.2) is 51.9 Å².